The number of ether oxygens (including phenoxy) is 1. The lowest BCUT2D eigenvalue weighted by Gasteiger charge is -2.19. The van der Waals surface area contributed by atoms with Crippen LogP contribution in [0.25, 0.3) is 0 Å². The van der Waals surface area contributed by atoms with E-state index < -0.39 is 28.9 Å². The highest BCUT2D eigenvalue weighted by Gasteiger charge is 2.18. The number of carbonyl (C=O) groups is 2. The van der Waals surface area contributed by atoms with Crippen molar-refractivity contribution in [3.05, 3.63) is 23.5 Å². The summed E-state index contributed by atoms with van der Waals surface area (Å²) in [5, 5.41) is 8.75. The number of nitrogen functional groups attached to an aromatic ring is 1. The van der Waals surface area contributed by atoms with Crippen LogP contribution in [0.3, 0.4) is 0 Å². The number of carboxylic acids is 1. The number of hydrogen-bond donors (Lipinski definition) is 2. The number of carboxylic acid groups (broad SMARTS) is 1. The summed E-state index contributed by atoms with van der Waals surface area (Å²) in [6.45, 7) is 5.22. The lowest BCUT2D eigenvalue weighted by molar-refractivity contribution is -0.151. The Morgan fingerprint density at radius 3 is 2.50 bits per heavy atom. The molecule has 0 atom stereocenters. The van der Waals surface area contributed by atoms with E-state index in [2.05, 4.69) is 0 Å². The molecule has 0 aliphatic carbocycles. The van der Waals surface area contributed by atoms with Crippen LogP contribution < -0.4 is 5.73 Å². The van der Waals surface area contributed by atoms with Crippen molar-refractivity contribution in [1.82, 2.24) is 0 Å². The first kappa shape index (κ1) is 16.3. The number of rotatable bonds is 4. The second-order valence-electron chi connectivity index (χ2n) is 5.05. The average Bonchev–Trinajstić information content (AvgIpc) is 2.27. The number of hydrogen-bond acceptors (Lipinski definition) is 5. The predicted molar refractivity (Wildman–Crippen MR) is 74.3 cm³/mol. The molecule has 0 aliphatic rings. The van der Waals surface area contributed by atoms with E-state index >= 15 is 0 Å². The van der Waals surface area contributed by atoms with E-state index in [0.29, 0.717) is 4.90 Å². The molecule has 1 rings (SSSR count). The maximum absolute atomic E-state index is 13.5. The van der Waals surface area contributed by atoms with Crippen LogP contribution in [0.15, 0.2) is 17.0 Å². The summed E-state index contributed by atoms with van der Waals surface area (Å²) in [5.74, 6) is -2.77. The summed E-state index contributed by atoms with van der Waals surface area (Å²) in [7, 11) is 0. The van der Waals surface area contributed by atoms with Gasteiger partial charge in [0.05, 0.1) is 11.3 Å². The molecule has 0 spiro atoms. The van der Waals surface area contributed by atoms with E-state index in [9.17, 15) is 14.0 Å². The molecular weight excluding hydrogens is 285 g/mol. The highest BCUT2D eigenvalue weighted by Crippen LogP contribution is 2.28. The Bertz CT molecular complexity index is 540. The van der Waals surface area contributed by atoms with Crippen molar-refractivity contribution in [2.24, 2.45) is 0 Å². The number of esters is 1. The molecule has 5 nitrogen and oxygen atoms in total. The van der Waals surface area contributed by atoms with Gasteiger partial charge in [0, 0.05) is 10.6 Å². The predicted octanol–water partition coefficient (Wildman–Crippen LogP) is 2.54. The van der Waals surface area contributed by atoms with Crippen molar-refractivity contribution in [3.63, 3.8) is 0 Å². The molecule has 7 heteroatoms. The Labute approximate surface area is 120 Å². The van der Waals surface area contributed by atoms with Gasteiger partial charge in [-0.3, -0.25) is 4.79 Å². The van der Waals surface area contributed by atoms with Crippen LogP contribution >= 0.6 is 11.8 Å². The number of benzene rings is 1. The van der Waals surface area contributed by atoms with Crippen molar-refractivity contribution >= 4 is 29.4 Å². The van der Waals surface area contributed by atoms with Gasteiger partial charge in [-0.15, -0.1) is 11.8 Å². The van der Waals surface area contributed by atoms with Gasteiger partial charge in [0.25, 0.3) is 0 Å². The summed E-state index contributed by atoms with van der Waals surface area (Å²) in [6.07, 6.45) is 0. The van der Waals surface area contributed by atoms with E-state index in [1.807, 2.05) is 0 Å². The van der Waals surface area contributed by atoms with Gasteiger partial charge in [-0.05, 0) is 32.9 Å². The van der Waals surface area contributed by atoms with Crippen molar-refractivity contribution < 1.29 is 23.8 Å². The molecular formula is C13H16FNO4S. The molecule has 0 aromatic heterocycles. The fourth-order valence-electron chi connectivity index (χ4n) is 1.37. The number of carbonyl (C=O) groups excluding carboxylic acids is 1. The number of nitrogens with two attached hydrogens (primary N) is 1. The molecule has 0 bridgehead atoms. The Hall–Kier alpha value is -1.76. The van der Waals surface area contributed by atoms with Crippen molar-refractivity contribution in [3.8, 4) is 0 Å². The minimum atomic E-state index is -1.39. The van der Waals surface area contributed by atoms with Gasteiger partial charge in [-0.1, -0.05) is 0 Å². The lowest BCUT2D eigenvalue weighted by Crippen LogP contribution is -2.24. The van der Waals surface area contributed by atoms with E-state index in [0.717, 1.165) is 23.9 Å². The number of anilines is 1. The third-order valence-electron chi connectivity index (χ3n) is 2.10. The van der Waals surface area contributed by atoms with Crippen molar-refractivity contribution in [2.45, 2.75) is 31.3 Å². The van der Waals surface area contributed by atoms with Crippen LogP contribution in [0, 0.1) is 5.82 Å². The molecule has 1 aromatic carbocycles. The molecule has 0 saturated carbocycles. The van der Waals surface area contributed by atoms with E-state index in [1.54, 1.807) is 20.8 Å². The molecule has 1 aromatic rings. The van der Waals surface area contributed by atoms with E-state index in [-0.39, 0.29) is 11.4 Å². The highest BCUT2D eigenvalue weighted by atomic mass is 32.2. The average molecular weight is 301 g/mol. The van der Waals surface area contributed by atoms with Gasteiger partial charge in [0.2, 0.25) is 0 Å². The van der Waals surface area contributed by atoms with Gasteiger partial charge in [-0.25, -0.2) is 9.18 Å². The minimum Gasteiger partial charge on any atom is -0.478 e. The van der Waals surface area contributed by atoms with Crippen LogP contribution in [0.1, 0.15) is 31.1 Å². The third kappa shape index (κ3) is 4.73. The molecule has 0 radical (unpaired) electrons. The monoisotopic (exact) mass is 301 g/mol. The third-order valence-corrected chi connectivity index (χ3v) is 3.14. The van der Waals surface area contributed by atoms with Gasteiger partial charge in [-0.2, -0.15) is 0 Å². The lowest BCUT2D eigenvalue weighted by atomic mass is 10.2. The Balaban J connectivity index is 2.77. The van der Waals surface area contributed by atoms with Crippen molar-refractivity contribution in [1.29, 1.82) is 0 Å². The van der Waals surface area contributed by atoms with Crippen LogP contribution in [0.2, 0.25) is 0 Å². The molecule has 0 fully saturated rings. The zero-order chi connectivity index (χ0) is 15.5. The van der Waals surface area contributed by atoms with Crippen LogP contribution in [0.4, 0.5) is 10.1 Å². The summed E-state index contributed by atoms with van der Waals surface area (Å²) >= 11 is 0.998. The first-order valence-electron chi connectivity index (χ1n) is 5.77. The molecule has 0 aliphatic heterocycles. The van der Waals surface area contributed by atoms with E-state index in [1.165, 1.54) is 0 Å². The largest absolute Gasteiger partial charge is 0.478 e. The topological polar surface area (TPSA) is 89.6 Å². The fraction of sp³-hybridized carbons (Fsp3) is 0.385. The first-order chi connectivity index (χ1) is 9.10. The van der Waals surface area contributed by atoms with Crippen LogP contribution in [0.5, 0.6) is 0 Å². The second kappa shape index (κ2) is 6.13. The molecule has 0 heterocycles. The molecule has 0 unspecified atom stereocenters. The standard InChI is InChI=1S/C13H16FNO4S/c1-13(2,3)19-11(16)6-20-10-5-8(14)7(12(17)18)4-9(10)15/h4-5H,6,15H2,1-3H3,(H,17,18). The SMILES string of the molecule is CC(C)(C)OC(=O)CSc1cc(F)c(C(=O)O)cc1N. The normalized spacial score (nSPS) is 11.2. The van der Waals surface area contributed by atoms with Gasteiger partial charge in [0.1, 0.15) is 11.4 Å². The highest BCUT2D eigenvalue weighted by molar-refractivity contribution is 8.00. The Morgan fingerprint density at radius 1 is 1.40 bits per heavy atom. The van der Waals surface area contributed by atoms with Gasteiger partial charge in [0.15, 0.2) is 0 Å². The maximum Gasteiger partial charge on any atom is 0.338 e. The van der Waals surface area contributed by atoms with Crippen molar-refractivity contribution in [2.75, 3.05) is 11.5 Å². The minimum absolute atomic E-state index is 0.0344. The summed E-state index contributed by atoms with van der Waals surface area (Å²) in [5.41, 5.74) is 4.66. The maximum atomic E-state index is 13.5. The summed E-state index contributed by atoms with van der Waals surface area (Å²) < 4.78 is 18.6. The molecule has 20 heavy (non-hydrogen) atoms. The quantitative estimate of drug-likeness (QED) is 0.504. The second-order valence-corrected chi connectivity index (χ2v) is 6.07. The summed E-state index contributed by atoms with van der Waals surface area (Å²) in [4.78, 5) is 22.6. The Kier molecular flexibility index (Phi) is 4.99. The Morgan fingerprint density at radius 2 is 2.00 bits per heavy atom. The zero-order valence-corrected chi connectivity index (χ0v) is 12.2. The first-order valence-corrected chi connectivity index (χ1v) is 6.75. The van der Waals surface area contributed by atoms with Crippen LogP contribution in [-0.4, -0.2) is 28.4 Å². The van der Waals surface area contributed by atoms with Gasteiger partial charge < -0.3 is 15.6 Å². The molecule has 3 N–H and O–H groups in total. The molecule has 0 amide bonds. The number of thioether (sulfide) groups is 1. The fourth-order valence-corrected chi connectivity index (χ4v) is 2.11. The number of aromatic carboxylic acids is 1. The van der Waals surface area contributed by atoms with Crippen LogP contribution in [-0.2, 0) is 9.53 Å². The van der Waals surface area contributed by atoms with E-state index in [4.69, 9.17) is 15.6 Å². The summed E-state index contributed by atoms with van der Waals surface area (Å²) in [6, 6.07) is 2.04. The smallest absolute Gasteiger partial charge is 0.338 e. The molecule has 0 saturated heterocycles. The molecule has 110 valence electrons. The van der Waals surface area contributed by atoms with Gasteiger partial charge >= 0.3 is 11.9 Å². The number of halogens is 1. The zero-order valence-electron chi connectivity index (χ0n) is 11.4.